The summed E-state index contributed by atoms with van der Waals surface area (Å²) < 4.78 is 4.47. The number of aromatic hydroxyl groups is 2. The zero-order valence-electron chi connectivity index (χ0n) is 30.4. The average molecular weight is 1030 g/mol. The van der Waals surface area contributed by atoms with E-state index in [1.54, 1.807) is 24.3 Å². The van der Waals surface area contributed by atoms with E-state index in [0.29, 0.717) is 78.7 Å². The summed E-state index contributed by atoms with van der Waals surface area (Å²) in [5, 5.41) is 23.7. The van der Waals surface area contributed by atoms with Gasteiger partial charge in [0.05, 0.1) is 106 Å². The first-order valence-corrected chi connectivity index (χ1v) is 16.0. The molecule has 0 amide bonds. The Bertz CT molecular complexity index is 2180. The molecular weight excluding hydrogens is 977 g/mol. The molecule has 0 spiro atoms. The van der Waals surface area contributed by atoms with Crippen LogP contribution in [0, 0.1) is 0 Å². The molecule has 11 nitrogen and oxygen atoms in total. The molecule has 2 N–H and O–H groups in total. The van der Waals surface area contributed by atoms with E-state index in [9.17, 15) is 24.6 Å². The molecule has 1 aromatic heterocycles. The molecule has 1 aliphatic heterocycles. The highest BCUT2D eigenvalue weighted by molar-refractivity contribution is 6.15. The molecule has 274 valence electrons. The number of likely N-dealkylation sites (N-methyl/N-ethyl adjacent to an activating group) is 2. The van der Waals surface area contributed by atoms with Crippen LogP contribution in [0.1, 0.15) is 11.1 Å². The van der Waals surface area contributed by atoms with Gasteiger partial charge < -0.3 is 95.6 Å². The second-order valence-electron chi connectivity index (χ2n) is 15.8. The molecule has 14 heteroatoms. The summed E-state index contributed by atoms with van der Waals surface area (Å²) in [6.45, 7) is 2.65. The molecule has 2 aliphatic rings. The largest absolute Gasteiger partial charge is 1.00 e. The highest BCUT2D eigenvalue weighted by Crippen LogP contribution is 2.36. The van der Waals surface area contributed by atoms with Crippen molar-refractivity contribution in [1.82, 2.24) is 9.13 Å². The molecule has 0 atom stereocenters. The molecule has 2 aromatic carbocycles. The number of pyridine rings is 2. The molecular formula is C36H49I3N6O5. The third-order valence-corrected chi connectivity index (χ3v) is 8.63. The summed E-state index contributed by atoms with van der Waals surface area (Å²) >= 11 is 0. The standard InChI is InChI=1S/C36H47N6O5.3HI/c1-40(2,3)18-16-38-33(44)25-11-12-26-31-30(25)27(35(38)46)21-28(32(31)36(47)39(34(26)45)17-19-41(4,5)6)37-15-14-23-10-13-29(43)24(20-23)22-42(7,8)9;;;/h10-13,20-21H,14-19,22H2,1-9H3;3*1H/q+1;;;/p-1. The smallest absolute Gasteiger partial charge is 0.263 e. The number of hydrogen-bond donors (Lipinski definition) is 2. The van der Waals surface area contributed by atoms with Gasteiger partial charge in [-0.05, 0) is 42.3 Å². The van der Waals surface area contributed by atoms with Crippen molar-refractivity contribution in [3.63, 3.8) is 0 Å². The molecule has 3 aromatic rings. The van der Waals surface area contributed by atoms with Crippen LogP contribution in [0.4, 0.5) is 0 Å². The van der Waals surface area contributed by atoms with Crippen LogP contribution in [-0.2, 0) is 26.1 Å². The number of phenols is 1. The number of halogens is 3. The number of hydrogen-bond acceptors (Lipinski definition) is 6. The molecule has 2 heterocycles. The fourth-order valence-corrected chi connectivity index (χ4v) is 6.13. The Labute approximate surface area is 344 Å². The number of benzene rings is 3. The number of aromatic nitrogens is 2. The van der Waals surface area contributed by atoms with E-state index in [1.165, 1.54) is 9.13 Å². The lowest BCUT2D eigenvalue weighted by Crippen LogP contribution is -3.00. The first-order valence-electron chi connectivity index (χ1n) is 16.0. The van der Waals surface area contributed by atoms with Crippen molar-refractivity contribution in [2.75, 3.05) is 83.1 Å². The van der Waals surface area contributed by atoms with Gasteiger partial charge in [-0.15, -0.1) is 0 Å². The van der Waals surface area contributed by atoms with Gasteiger partial charge in [-0.3, -0.25) is 28.5 Å². The van der Waals surface area contributed by atoms with Crippen molar-refractivity contribution < 1.29 is 95.6 Å². The summed E-state index contributed by atoms with van der Waals surface area (Å²) in [5.74, 6) is 0.0606. The second kappa shape index (κ2) is 16.3. The van der Waals surface area contributed by atoms with Crippen LogP contribution in [0.25, 0.3) is 32.7 Å². The first-order chi connectivity index (χ1) is 21.8. The molecule has 50 heavy (non-hydrogen) atoms. The van der Waals surface area contributed by atoms with Crippen LogP contribution in [0.3, 0.4) is 0 Å². The van der Waals surface area contributed by atoms with E-state index < -0.39 is 16.7 Å². The molecule has 0 saturated heterocycles. The maximum Gasteiger partial charge on any atom is 0.263 e. The highest BCUT2D eigenvalue weighted by atomic mass is 127. The third kappa shape index (κ3) is 9.45. The molecule has 0 saturated carbocycles. The van der Waals surface area contributed by atoms with Gasteiger partial charge in [-0.2, -0.15) is 0 Å². The van der Waals surface area contributed by atoms with Gasteiger partial charge in [0.2, 0.25) is 5.88 Å². The highest BCUT2D eigenvalue weighted by Gasteiger charge is 2.27. The van der Waals surface area contributed by atoms with Crippen LogP contribution >= 0.6 is 0 Å². The Morgan fingerprint density at radius 2 is 1.24 bits per heavy atom. The third-order valence-electron chi connectivity index (χ3n) is 8.63. The first kappa shape index (κ1) is 44.0. The Morgan fingerprint density at radius 3 is 1.82 bits per heavy atom. The maximum absolute atomic E-state index is 14.2. The van der Waals surface area contributed by atoms with Crippen LogP contribution < -0.4 is 94.0 Å². The van der Waals surface area contributed by atoms with E-state index >= 15 is 0 Å². The van der Waals surface area contributed by atoms with Crippen molar-refractivity contribution in [2.45, 2.75) is 26.1 Å². The van der Waals surface area contributed by atoms with Gasteiger partial charge >= 0.3 is 0 Å². The number of quaternary nitrogens is 3. The SMILES string of the molecule is C[N+](C)(C)CCn1c(O)c2ccc3c4c2c(c(=NCCc2ccc(O)c(C[N+](C)(C)C)c2)cc-4c(=O)n(CC[N+](C)(C)C)c3=O)c1=O.[I-].[I-].[I-]. The van der Waals surface area contributed by atoms with Gasteiger partial charge in [0.25, 0.3) is 16.7 Å². The Morgan fingerprint density at radius 1 is 0.660 bits per heavy atom. The maximum atomic E-state index is 14.2. The predicted octanol–water partition coefficient (Wildman–Crippen LogP) is -7.16. The summed E-state index contributed by atoms with van der Waals surface area (Å²) in [6, 6.07) is 10.5. The van der Waals surface area contributed by atoms with Crippen molar-refractivity contribution >= 4 is 21.5 Å². The Balaban J connectivity index is 0.00000289. The summed E-state index contributed by atoms with van der Waals surface area (Å²) in [7, 11) is 18.2. The van der Waals surface area contributed by atoms with E-state index in [1.807, 2.05) is 54.4 Å². The van der Waals surface area contributed by atoms with Crippen molar-refractivity contribution in [1.29, 1.82) is 0 Å². The van der Waals surface area contributed by atoms with Crippen molar-refractivity contribution in [3.8, 4) is 22.8 Å². The Kier molecular flexibility index (Phi) is 14.3. The van der Waals surface area contributed by atoms with Crippen LogP contribution in [0.2, 0.25) is 0 Å². The number of nitrogens with zero attached hydrogens (tertiary/aromatic N) is 6. The van der Waals surface area contributed by atoms with Gasteiger partial charge in [-0.1, -0.05) is 6.07 Å². The summed E-state index contributed by atoms with van der Waals surface area (Å²) in [4.78, 5) is 46.9. The summed E-state index contributed by atoms with van der Waals surface area (Å²) in [5.41, 5.74) is 1.28. The lowest BCUT2D eigenvalue weighted by molar-refractivity contribution is -0.884. The van der Waals surface area contributed by atoms with E-state index in [-0.39, 0.29) is 102 Å². The van der Waals surface area contributed by atoms with E-state index in [4.69, 9.17) is 4.99 Å². The second-order valence-corrected chi connectivity index (χ2v) is 15.8. The molecule has 5 rings (SSSR count). The van der Waals surface area contributed by atoms with Gasteiger partial charge in [-0.25, -0.2) is 0 Å². The van der Waals surface area contributed by atoms with E-state index in [2.05, 4.69) is 21.1 Å². The quantitative estimate of drug-likeness (QED) is 0.0778. The Hall–Kier alpha value is -2.13. The van der Waals surface area contributed by atoms with Crippen LogP contribution in [-0.4, -0.2) is 116 Å². The average Bonchev–Trinajstić information content (AvgIpc) is 2.94. The lowest BCUT2D eigenvalue weighted by atomic mass is 9.90. The monoisotopic (exact) mass is 1030 g/mol. The van der Waals surface area contributed by atoms with Crippen molar-refractivity contribution in [3.05, 3.63) is 83.9 Å². The van der Waals surface area contributed by atoms with Crippen molar-refractivity contribution in [2.24, 2.45) is 4.99 Å². The molecule has 0 bridgehead atoms. The fraction of sp³-hybridized carbons (Fsp3) is 0.444. The van der Waals surface area contributed by atoms with Gasteiger partial charge in [0, 0.05) is 33.8 Å². The molecule has 0 unspecified atom stereocenters. The van der Waals surface area contributed by atoms with Crippen LogP contribution in [0.15, 0.2) is 55.8 Å². The summed E-state index contributed by atoms with van der Waals surface area (Å²) in [6.07, 6.45) is 0.545. The lowest BCUT2D eigenvalue weighted by Gasteiger charge is -2.25. The molecule has 1 aliphatic carbocycles. The zero-order valence-corrected chi connectivity index (χ0v) is 36.8. The number of rotatable bonds is 11. The molecule has 0 radical (unpaired) electrons. The van der Waals surface area contributed by atoms with Gasteiger partial charge in [0.1, 0.15) is 12.3 Å². The predicted molar refractivity (Wildman–Crippen MR) is 187 cm³/mol. The number of phenolic OH excluding ortho intramolecular Hbond substituents is 1. The normalized spacial score (nSPS) is 12.7. The van der Waals surface area contributed by atoms with Gasteiger partial charge in [0.15, 0.2) is 0 Å². The zero-order chi connectivity index (χ0) is 34.6. The fourth-order valence-electron chi connectivity index (χ4n) is 6.13. The van der Waals surface area contributed by atoms with Crippen LogP contribution in [0.5, 0.6) is 11.6 Å². The minimum Gasteiger partial charge on any atom is -1.00 e. The topological polar surface area (TPSA) is 114 Å². The minimum atomic E-state index is -0.431. The van der Waals surface area contributed by atoms with E-state index in [0.717, 1.165) is 11.1 Å². The molecule has 0 fully saturated rings. The minimum absolute atomic E-state index is 0.